The standard InChI is InChI=1S/C7H10N4O2/c12-7(13)4-3-10-11-5(4)6-8-1-2-9-6/h1-2,4-5,10-11H,3H2,(H,8,9)(H,12,13). The van der Waals surface area contributed by atoms with E-state index in [1.54, 1.807) is 12.4 Å². The summed E-state index contributed by atoms with van der Waals surface area (Å²) in [7, 11) is 0. The van der Waals surface area contributed by atoms with Crippen LogP contribution in [-0.2, 0) is 4.79 Å². The summed E-state index contributed by atoms with van der Waals surface area (Å²) in [6, 6.07) is -0.271. The van der Waals surface area contributed by atoms with Crippen LogP contribution in [-0.4, -0.2) is 27.6 Å². The SMILES string of the molecule is O=C(O)C1CNNC1c1ncc[nH]1. The minimum Gasteiger partial charge on any atom is -0.481 e. The van der Waals surface area contributed by atoms with Crippen LogP contribution in [0.2, 0.25) is 0 Å². The molecule has 2 unspecified atom stereocenters. The number of nitrogens with zero attached hydrogens (tertiary/aromatic N) is 1. The fourth-order valence-electron chi connectivity index (χ4n) is 1.43. The number of rotatable bonds is 2. The summed E-state index contributed by atoms with van der Waals surface area (Å²) in [4.78, 5) is 17.7. The molecular formula is C7H10N4O2. The molecule has 0 aromatic carbocycles. The molecule has 13 heavy (non-hydrogen) atoms. The van der Waals surface area contributed by atoms with Crippen molar-refractivity contribution < 1.29 is 9.90 Å². The number of hydrogen-bond acceptors (Lipinski definition) is 4. The summed E-state index contributed by atoms with van der Waals surface area (Å²) in [6.45, 7) is 0.417. The Balaban J connectivity index is 2.19. The first kappa shape index (κ1) is 8.21. The van der Waals surface area contributed by atoms with E-state index in [1.165, 1.54) is 0 Å². The van der Waals surface area contributed by atoms with E-state index in [-0.39, 0.29) is 6.04 Å². The van der Waals surface area contributed by atoms with E-state index >= 15 is 0 Å². The fraction of sp³-hybridized carbons (Fsp3) is 0.429. The summed E-state index contributed by atoms with van der Waals surface area (Å²) in [6.07, 6.45) is 3.28. The predicted molar refractivity (Wildman–Crippen MR) is 43.6 cm³/mol. The Hall–Kier alpha value is -1.40. The Morgan fingerprint density at radius 1 is 1.69 bits per heavy atom. The van der Waals surface area contributed by atoms with Crippen molar-refractivity contribution in [1.82, 2.24) is 20.8 Å². The minimum atomic E-state index is -0.820. The van der Waals surface area contributed by atoms with Crippen molar-refractivity contribution >= 4 is 5.97 Å². The van der Waals surface area contributed by atoms with E-state index in [0.29, 0.717) is 12.4 Å². The lowest BCUT2D eigenvalue weighted by Gasteiger charge is -2.11. The van der Waals surface area contributed by atoms with E-state index in [9.17, 15) is 4.79 Å². The molecule has 6 heteroatoms. The third kappa shape index (κ3) is 1.41. The van der Waals surface area contributed by atoms with Crippen molar-refractivity contribution in [2.24, 2.45) is 5.92 Å². The van der Waals surface area contributed by atoms with Crippen LogP contribution in [0.25, 0.3) is 0 Å². The smallest absolute Gasteiger partial charge is 0.309 e. The van der Waals surface area contributed by atoms with Gasteiger partial charge in [0.2, 0.25) is 0 Å². The van der Waals surface area contributed by atoms with Crippen LogP contribution >= 0.6 is 0 Å². The van der Waals surface area contributed by atoms with Crippen molar-refractivity contribution in [1.29, 1.82) is 0 Å². The monoisotopic (exact) mass is 182 g/mol. The van der Waals surface area contributed by atoms with Gasteiger partial charge in [0.15, 0.2) is 0 Å². The summed E-state index contributed by atoms with van der Waals surface area (Å²) in [5.74, 6) is -0.637. The molecule has 0 radical (unpaired) electrons. The largest absolute Gasteiger partial charge is 0.481 e. The molecule has 0 saturated carbocycles. The molecule has 6 nitrogen and oxygen atoms in total. The maximum absolute atomic E-state index is 10.8. The third-order valence-corrected chi connectivity index (χ3v) is 2.11. The van der Waals surface area contributed by atoms with Crippen LogP contribution in [0.3, 0.4) is 0 Å². The Bertz CT molecular complexity index is 297. The molecule has 1 aliphatic heterocycles. The van der Waals surface area contributed by atoms with E-state index in [4.69, 9.17) is 5.11 Å². The number of imidazole rings is 1. The molecule has 1 aromatic heterocycles. The molecule has 1 saturated heterocycles. The lowest BCUT2D eigenvalue weighted by atomic mass is 10.0. The molecular weight excluding hydrogens is 172 g/mol. The zero-order chi connectivity index (χ0) is 9.26. The summed E-state index contributed by atoms with van der Waals surface area (Å²) in [5.41, 5.74) is 5.67. The molecule has 2 rings (SSSR count). The number of carboxylic acids is 1. The number of hydrazine groups is 1. The lowest BCUT2D eigenvalue weighted by molar-refractivity contribution is -0.141. The van der Waals surface area contributed by atoms with E-state index in [0.717, 1.165) is 0 Å². The average Bonchev–Trinajstić information content (AvgIpc) is 2.74. The highest BCUT2D eigenvalue weighted by molar-refractivity contribution is 5.71. The topological polar surface area (TPSA) is 90.0 Å². The van der Waals surface area contributed by atoms with Crippen LogP contribution in [0.1, 0.15) is 11.9 Å². The van der Waals surface area contributed by atoms with E-state index < -0.39 is 11.9 Å². The molecule has 1 aliphatic rings. The van der Waals surface area contributed by atoms with Gasteiger partial charge in [-0.05, 0) is 0 Å². The number of aromatic amines is 1. The van der Waals surface area contributed by atoms with Crippen molar-refractivity contribution in [2.45, 2.75) is 6.04 Å². The number of carbonyl (C=O) groups is 1. The second-order valence-corrected chi connectivity index (χ2v) is 2.92. The van der Waals surface area contributed by atoms with Gasteiger partial charge in [-0.1, -0.05) is 0 Å². The maximum Gasteiger partial charge on any atom is 0.309 e. The molecule has 0 bridgehead atoms. The summed E-state index contributed by atoms with van der Waals surface area (Å²) in [5, 5.41) is 8.86. The summed E-state index contributed by atoms with van der Waals surface area (Å²) < 4.78 is 0. The number of aliphatic carboxylic acids is 1. The van der Waals surface area contributed by atoms with Crippen LogP contribution in [0.15, 0.2) is 12.4 Å². The minimum absolute atomic E-state index is 0.271. The number of nitrogens with one attached hydrogen (secondary N) is 3. The van der Waals surface area contributed by atoms with Gasteiger partial charge in [-0.3, -0.25) is 10.2 Å². The third-order valence-electron chi connectivity index (χ3n) is 2.11. The van der Waals surface area contributed by atoms with Crippen molar-refractivity contribution in [3.8, 4) is 0 Å². The van der Waals surface area contributed by atoms with Gasteiger partial charge >= 0.3 is 5.97 Å². The first-order valence-electron chi connectivity index (χ1n) is 3.99. The Labute approximate surface area is 74.3 Å². The molecule has 0 amide bonds. The van der Waals surface area contributed by atoms with E-state index in [2.05, 4.69) is 20.8 Å². The quantitative estimate of drug-likeness (QED) is 0.483. The fourth-order valence-corrected chi connectivity index (χ4v) is 1.43. The molecule has 70 valence electrons. The maximum atomic E-state index is 10.8. The predicted octanol–water partition coefficient (Wildman–Crippen LogP) is -0.741. The molecule has 0 aliphatic carbocycles. The number of aromatic nitrogens is 2. The number of H-pyrrole nitrogens is 1. The van der Waals surface area contributed by atoms with Gasteiger partial charge in [-0.25, -0.2) is 10.4 Å². The van der Waals surface area contributed by atoms with Crippen molar-refractivity contribution in [3.05, 3.63) is 18.2 Å². The first-order valence-corrected chi connectivity index (χ1v) is 3.99. The Morgan fingerprint density at radius 2 is 2.54 bits per heavy atom. The van der Waals surface area contributed by atoms with Gasteiger partial charge in [0.25, 0.3) is 0 Å². The average molecular weight is 182 g/mol. The number of hydrogen-bond donors (Lipinski definition) is 4. The molecule has 0 spiro atoms. The molecule has 2 heterocycles. The second kappa shape index (κ2) is 3.15. The van der Waals surface area contributed by atoms with Crippen molar-refractivity contribution in [3.63, 3.8) is 0 Å². The van der Waals surface area contributed by atoms with Crippen LogP contribution in [0.4, 0.5) is 0 Å². The Morgan fingerprint density at radius 3 is 3.15 bits per heavy atom. The van der Waals surface area contributed by atoms with Gasteiger partial charge in [0.1, 0.15) is 5.82 Å². The van der Waals surface area contributed by atoms with Crippen LogP contribution < -0.4 is 10.9 Å². The van der Waals surface area contributed by atoms with Crippen molar-refractivity contribution in [2.75, 3.05) is 6.54 Å². The van der Waals surface area contributed by atoms with Gasteiger partial charge in [0.05, 0.1) is 12.0 Å². The normalized spacial score (nSPS) is 27.7. The molecule has 2 atom stereocenters. The number of carboxylic acid groups (broad SMARTS) is 1. The molecule has 1 fully saturated rings. The molecule has 1 aromatic rings. The highest BCUT2D eigenvalue weighted by Crippen LogP contribution is 2.21. The zero-order valence-corrected chi connectivity index (χ0v) is 6.82. The first-order chi connectivity index (χ1) is 6.29. The Kier molecular flexibility index (Phi) is 1.99. The summed E-state index contributed by atoms with van der Waals surface area (Å²) >= 11 is 0. The van der Waals surface area contributed by atoms with Gasteiger partial charge in [-0.15, -0.1) is 0 Å². The lowest BCUT2D eigenvalue weighted by Crippen LogP contribution is -2.27. The van der Waals surface area contributed by atoms with Crippen LogP contribution in [0, 0.1) is 5.92 Å². The van der Waals surface area contributed by atoms with Gasteiger partial charge in [-0.2, -0.15) is 0 Å². The highest BCUT2D eigenvalue weighted by Gasteiger charge is 2.35. The van der Waals surface area contributed by atoms with Crippen LogP contribution in [0.5, 0.6) is 0 Å². The van der Waals surface area contributed by atoms with E-state index in [1.807, 2.05) is 0 Å². The second-order valence-electron chi connectivity index (χ2n) is 2.92. The molecule has 4 N–H and O–H groups in total. The highest BCUT2D eigenvalue weighted by atomic mass is 16.4. The zero-order valence-electron chi connectivity index (χ0n) is 6.82. The van der Waals surface area contributed by atoms with Gasteiger partial charge in [0, 0.05) is 18.9 Å². The van der Waals surface area contributed by atoms with Gasteiger partial charge < -0.3 is 10.1 Å².